The maximum Gasteiger partial charge on any atom is 0.146 e. The molecule has 1 aromatic carbocycles. The molecule has 2 aromatic rings. The topological polar surface area (TPSA) is 29.0 Å². The molecule has 0 saturated carbocycles. The van der Waals surface area contributed by atoms with Crippen molar-refractivity contribution >= 4 is 21.7 Å². The Bertz CT molecular complexity index is 519. The van der Waals surface area contributed by atoms with Crippen LogP contribution < -0.4 is 4.90 Å². The maximum atomic E-state index is 13.0. The van der Waals surface area contributed by atoms with E-state index in [-0.39, 0.29) is 5.82 Å². The van der Waals surface area contributed by atoms with Gasteiger partial charge in [-0.1, -0.05) is 12.1 Å². The Labute approximate surface area is 107 Å². The highest BCUT2D eigenvalue weighted by molar-refractivity contribution is 9.10. The number of nitrogens with zero attached hydrogens (tertiary/aromatic N) is 3. The molecule has 0 amide bonds. The zero-order valence-corrected chi connectivity index (χ0v) is 10.9. The predicted octanol–water partition coefficient (Wildman–Crippen LogP) is 3.01. The summed E-state index contributed by atoms with van der Waals surface area (Å²) in [6.45, 7) is 0.591. The Morgan fingerprint density at radius 3 is 2.94 bits per heavy atom. The lowest BCUT2D eigenvalue weighted by Gasteiger charge is -2.19. The first-order valence-corrected chi connectivity index (χ1v) is 5.87. The Hall–Kier alpha value is -1.49. The van der Waals surface area contributed by atoms with Gasteiger partial charge < -0.3 is 4.90 Å². The van der Waals surface area contributed by atoms with Crippen LogP contribution in [0.2, 0.25) is 0 Å². The van der Waals surface area contributed by atoms with Crippen molar-refractivity contribution in [2.75, 3.05) is 11.9 Å². The van der Waals surface area contributed by atoms with Gasteiger partial charge in [-0.25, -0.2) is 14.4 Å². The van der Waals surface area contributed by atoms with Crippen molar-refractivity contribution in [3.63, 3.8) is 0 Å². The molecule has 1 aromatic heterocycles. The predicted molar refractivity (Wildman–Crippen MR) is 68.2 cm³/mol. The van der Waals surface area contributed by atoms with Gasteiger partial charge in [0.25, 0.3) is 0 Å². The first kappa shape index (κ1) is 12.0. The highest BCUT2D eigenvalue weighted by atomic mass is 79.9. The fraction of sp³-hybridized carbons (Fsp3) is 0.167. The van der Waals surface area contributed by atoms with E-state index in [2.05, 4.69) is 25.9 Å². The van der Waals surface area contributed by atoms with Crippen LogP contribution in [0.15, 0.2) is 41.3 Å². The van der Waals surface area contributed by atoms with Gasteiger partial charge in [-0.2, -0.15) is 0 Å². The van der Waals surface area contributed by atoms with Crippen LogP contribution in [0, 0.1) is 5.82 Å². The van der Waals surface area contributed by atoms with Gasteiger partial charge >= 0.3 is 0 Å². The lowest BCUT2D eigenvalue weighted by atomic mass is 10.2. The second kappa shape index (κ2) is 5.23. The summed E-state index contributed by atoms with van der Waals surface area (Å²) >= 11 is 3.38. The van der Waals surface area contributed by atoms with E-state index < -0.39 is 0 Å². The first-order valence-electron chi connectivity index (χ1n) is 5.08. The van der Waals surface area contributed by atoms with Gasteiger partial charge in [0.05, 0.1) is 4.47 Å². The second-order valence-electron chi connectivity index (χ2n) is 3.68. The summed E-state index contributed by atoms with van der Waals surface area (Å²) in [7, 11) is 1.90. The SMILES string of the molecule is CN(Cc1cccc(F)c1)c1ncncc1Br. The fourth-order valence-corrected chi connectivity index (χ4v) is 2.09. The molecule has 0 unspecified atom stereocenters. The maximum absolute atomic E-state index is 13.0. The van der Waals surface area contributed by atoms with Crippen LogP contribution in [-0.2, 0) is 6.54 Å². The van der Waals surface area contributed by atoms with E-state index >= 15 is 0 Å². The Kier molecular flexibility index (Phi) is 3.68. The standard InChI is InChI=1S/C12H11BrFN3/c1-17(12-11(13)6-15-8-16-12)7-9-3-2-4-10(14)5-9/h2-6,8H,7H2,1H3. The van der Waals surface area contributed by atoms with Crippen LogP contribution in [-0.4, -0.2) is 17.0 Å². The molecule has 2 rings (SSSR count). The van der Waals surface area contributed by atoms with E-state index in [1.54, 1.807) is 12.3 Å². The zero-order chi connectivity index (χ0) is 12.3. The number of benzene rings is 1. The molecule has 0 aliphatic carbocycles. The average Bonchev–Trinajstić information content (AvgIpc) is 2.29. The van der Waals surface area contributed by atoms with Gasteiger partial charge in [0.1, 0.15) is 18.0 Å². The Morgan fingerprint density at radius 2 is 2.24 bits per heavy atom. The molecule has 0 aliphatic heterocycles. The number of halogens is 2. The third kappa shape index (κ3) is 3.00. The molecule has 3 nitrogen and oxygen atoms in total. The van der Waals surface area contributed by atoms with E-state index in [1.807, 2.05) is 18.0 Å². The summed E-state index contributed by atoms with van der Waals surface area (Å²) in [5.41, 5.74) is 0.901. The van der Waals surface area contributed by atoms with Crippen LogP contribution >= 0.6 is 15.9 Å². The molecule has 0 fully saturated rings. The van der Waals surface area contributed by atoms with Crippen molar-refractivity contribution in [1.82, 2.24) is 9.97 Å². The van der Waals surface area contributed by atoms with Gasteiger partial charge in [-0.05, 0) is 33.6 Å². The van der Waals surface area contributed by atoms with Crippen molar-refractivity contribution in [1.29, 1.82) is 0 Å². The molecule has 0 atom stereocenters. The summed E-state index contributed by atoms with van der Waals surface area (Å²) < 4.78 is 13.9. The molecule has 1 heterocycles. The van der Waals surface area contributed by atoms with Crippen molar-refractivity contribution in [2.24, 2.45) is 0 Å². The molecule has 0 radical (unpaired) electrons. The van der Waals surface area contributed by atoms with Crippen LogP contribution in [0.25, 0.3) is 0 Å². The minimum atomic E-state index is -0.224. The van der Waals surface area contributed by atoms with Gasteiger partial charge in [-0.3, -0.25) is 0 Å². The molecule has 0 aliphatic rings. The van der Waals surface area contributed by atoms with E-state index in [9.17, 15) is 4.39 Å². The largest absolute Gasteiger partial charge is 0.354 e. The third-order valence-corrected chi connectivity index (χ3v) is 2.88. The summed E-state index contributed by atoms with van der Waals surface area (Å²) in [4.78, 5) is 10.0. The lowest BCUT2D eigenvalue weighted by molar-refractivity contribution is 0.625. The molecule has 0 spiro atoms. The van der Waals surface area contributed by atoms with E-state index in [0.717, 1.165) is 15.9 Å². The first-order chi connectivity index (χ1) is 8.16. The van der Waals surface area contributed by atoms with Crippen molar-refractivity contribution < 1.29 is 4.39 Å². The van der Waals surface area contributed by atoms with Gasteiger partial charge in [0.2, 0.25) is 0 Å². The second-order valence-corrected chi connectivity index (χ2v) is 4.53. The van der Waals surface area contributed by atoms with Crippen molar-refractivity contribution in [3.05, 3.63) is 52.6 Å². The quantitative estimate of drug-likeness (QED) is 0.872. The molecule has 0 bridgehead atoms. The summed E-state index contributed by atoms with van der Waals surface area (Å²) in [5, 5.41) is 0. The summed E-state index contributed by atoms with van der Waals surface area (Å²) in [6, 6.07) is 6.54. The normalized spacial score (nSPS) is 10.3. The van der Waals surface area contributed by atoms with E-state index in [1.165, 1.54) is 18.5 Å². The monoisotopic (exact) mass is 295 g/mol. The number of rotatable bonds is 3. The fourth-order valence-electron chi connectivity index (χ4n) is 1.57. The van der Waals surface area contributed by atoms with Crippen LogP contribution in [0.4, 0.5) is 10.2 Å². The van der Waals surface area contributed by atoms with Crippen LogP contribution in [0.1, 0.15) is 5.56 Å². The van der Waals surface area contributed by atoms with Crippen molar-refractivity contribution in [3.8, 4) is 0 Å². The minimum Gasteiger partial charge on any atom is -0.354 e. The molecule has 0 saturated heterocycles. The number of anilines is 1. The number of hydrogen-bond donors (Lipinski definition) is 0. The minimum absolute atomic E-state index is 0.224. The number of aromatic nitrogens is 2. The Morgan fingerprint density at radius 1 is 1.41 bits per heavy atom. The highest BCUT2D eigenvalue weighted by Gasteiger charge is 2.07. The number of hydrogen-bond acceptors (Lipinski definition) is 3. The Balaban J connectivity index is 2.17. The molecule has 88 valence electrons. The summed E-state index contributed by atoms with van der Waals surface area (Å²) in [6.07, 6.45) is 3.17. The van der Waals surface area contributed by atoms with Crippen LogP contribution in [0.5, 0.6) is 0 Å². The van der Waals surface area contributed by atoms with E-state index in [0.29, 0.717) is 6.54 Å². The molecular weight excluding hydrogens is 285 g/mol. The van der Waals surface area contributed by atoms with E-state index in [4.69, 9.17) is 0 Å². The smallest absolute Gasteiger partial charge is 0.146 e. The summed E-state index contributed by atoms with van der Waals surface area (Å²) in [5.74, 6) is 0.557. The molecule has 0 N–H and O–H groups in total. The molecule has 17 heavy (non-hydrogen) atoms. The average molecular weight is 296 g/mol. The molecule has 5 heteroatoms. The van der Waals surface area contributed by atoms with Gasteiger partial charge in [-0.15, -0.1) is 0 Å². The van der Waals surface area contributed by atoms with Gasteiger partial charge in [0.15, 0.2) is 0 Å². The van der Waals surface area contributed by atoms with Gasteiger partial charge in [0, 0.05) is 19.8 Å². The zero-order valence-electron chi connectivity index (χ0n) is 9.27. The highest BCUT2D eigenvalue weighted by Crippen LogP contribution is 2.22. The lowest BCUT2D eigenvalue weighted by Crippen LogP contribution is -2.18. The van der Waals surface area contributed by atoms with Crippen LogP contribution in [0.3, 0.4) is 0 Å². The molecular formula is C12H11BrFN3. The van der Waals surface area contributed by atoms with Crippen molar-refractivity contribution in [2.45, 2.75) is 6.54 Å². The third-order valence-electron chi connectivity index (χ3n) is 2.32.